The topological polar surface area (TPSA) is 88.7 Å². The lowest BCUT2D eigenvalue weighted by Gasteiger charge is -2.22. The van der Waals surface area contributed by atoms with Crippen molar-refractivity contribution in [3.63, 3.8) is 0 Å². The number of thiophene rings is 1. The number of aromatic amines is 1. The van der Waals surface area contributed by atoms with Crippen molar-refractivity contribution in [1.82, 2.24) is 9.29 Å². The molecule has 0 fully saturated rings. The fourth-order valence-electron chi connectivity index (χ4n) is 3.55. The minimum absolute atomic E-state index is 0.0757. The summed E-state index contributed by atoms with van der Waals surface area (Å²) in [4.78, 5) is 16.8. The molecule has 0 aliphatic rings. The molecule has 0 unspecified atom stereocenters. The van der Waals surface area contributed by atoms with Gasteiger partial charge in [-0.2, -0.15) is 4.31 Å². The Balaban J connectivity index is 1.77. The highest BCUT2D eigenvalue weighted by atomic mass is 32.2. The van der Waals surface area contributed by atoms with Crippen LogP contribution >= 0.6 is 11.3 Å². The zero-order chi connectivity index (χ0) is 23.6. The van der Waals surface area contributed by atoms with Gasteiger partial charge in [0, 0.05) is 35.0 Å². The maximum Gasteiger partial charge on any atom is 0.252 e. The number of nitrogens with one attached hydrogen (secondary N) is 1. The van der Waals surface area contributed by atoms with E-state index in [1.807, 2.05) is 24.4 Å². The molecule has 0 atom stereocenters. The lowest BCUT2D eigenvalue weighted by Crippen LogP contribution is -2.32. The van der Waals surface area contributed by atoms with Crippen molar-refractivity contribution in [1.29, 1.82) is 0 Å². The van der Waals surface area contributed by atoms with E-state index in [9.17, 15) is 13.2 Å². The Morgan fingerprint density at radius 3 is 2.30 bits per heavy atom. The third-order valence-electron chi connectivity index (χ3n) is 5.34. The Morgan fingerprint density at radius 1 is 0.970 bits per heavy atom. The Kier molecular flexibility index (Phi) is 6.55. The summed E-state index contributed by atoms with van der Waals surface area (Å²) >= 11 is 1.47. The maximum atomic E-state index is 13.5. The number of methoxy groups -OCH3 is 2. The molecule has 2 aromatic carbocycles. The molecular formula is C24H24N2O5S2. The molecule has 33 heavy (non-hydrogen) atoms. The fourth-order valence-corrected chi connectivity index (χ4v) is 5.74. The van der Waals surface area contributed by atoms with E-state index in [2.05, 4.69) is 4.98 Å². The number of aryl methyl sites for hydroxylation is 1. The predicted molar refractivity (Wildman–Crippen MR) is 130 cm³/mol. The Labute approximate surface area is 196 Å². The van der Waals surface area contributed by atoms with Crippen LogP contribution in [0.5, 0.6) is 11.5 Å². The molecule has 0 saturated heterocycles. The van der Waals surface area contributed by atoms with Crippen LogP contribution in [0.2, 0.25) is 0 Å². The van der Waals surface area contributed by atoms with Crippen LogP contribution in [0.15, 0.2) is 69.7 Å². The summed E-state index contributed by atoms with van der Waals surface area (Å²) in [5, 5.41) is 2.61. The van der Waals surface area contributed by atoms with E-state index >= 15 is 0 Å². The number of benzene rings is 2. The molecule has 0 radical (unpaired) electrons. The molecule has 0 saturated carbocycles. The largest absolute Gasteiger partial charge is 0.493 e. The molecule has 0 aliphatic heterocycles. The third kappa shape index (κ3) is 4.80. The first-order valence-electron chi connectivity index (χ1n) is 10.2. The smallest absolute Gasteiger partial charge is 0.252 e. The van der Waals surface area contributed by atoms with Crippen molar-refractivity contribution in [3.8, 4) is 11.5 Å². The van der Waals surface area contributed by atoms with E-state index in [-0.39, 0.29) is 23.5 Å². The van der Waals surface area contributed by atoms with Crippen molar-refractivity contribution in [2.75, 3.05) is 14.2 Å². The number of hydrogen-bond acceptors (Lipinski definition) is 6. The van der Waals surface area contributed by atoms with Gasteiger partial charge in [-0.05, 0) is 42.6 Å². The van der Waals surface area contributed by atoms with Crippen LogP contribution in [0.4, 0.5) is 0 Å². The lowest BCUT2D eigenvalue weighted by atomic mass is 10.1. The van der Waals surface area contributed by atoms with Gasteiger partial charge in [0.1, 0.15) is 0 Å². The van der Waals surface area contributed by atoms with E-state index < -0.39 is 10.0 Å². The van der Waals surface area contributed by atoms with Gasteiger partial charge in [0.05, 0.1) is 24.6 Å². The lowest BCUT2D eigenvalue weighted by molar-refractivity contribution is 0.355. The van der Waals surface area contributed by atoms with Crippen molar-refractivity contribution < 1.29 is 17.9 Å². The number of sulfonamides is 1. The van der Waals surface area contributed by atoms with Crippen LogP contribution in [-0.4, -0.2) is 31.9 Å². The first kappa shape index (κ1) is 23.0. The summed E-state index contributed by atoms with van der Waals surface area (Å²) in [7, 11) is -0.786. The second-order valence-corrected chi connectivity index (χ2v) is 10.6. The second kappa shape index (κ2) is 9.38. The maximum absolute atomic E-state index is 13.5. The van der Waals surface area contributed by atoms with Crippen LogP contribution in [-0.2, 0) is 23.1 Å². The van der Waals surface area contributed by atoms with E-state index in [0.29, 0.717) is 28.0 Å². The number of hydrogen-bond donors (Lipinski definition) is 1. The van der Waals surface area contributed by atoms with Gasteiger partial charge in [-0.25, -0.2) is 8.42 Å². The second-order valence-electron chi connectivity index (χ2n) is 7.58. The number of ether oxygens (including phenoxy) is 2. The molecule has 0 aliphatic carbocycles. The summed E-state index contributed by atoms with van der Waals surface area (Å²) in [6.45, 7) is 1.99. The molecule has 0 amide bonds. The first-order chi connectivity index (χ1) is 15.8. The van der Waals surface area contributed by atoms with E-state index in [0.717, 1.165) is 10.4 Å². The van der Waals surface area contributed by atoms with Crippen LogP contribution in [0, 0.1) is 6.92 Å². The molecule has 7 nitrogen and oxygen atoms in total. The van der Waals surface area contributed by atoms with Crippen molar-refractivity contribution in [2.24, 2.45) is 0 Å². The number of H-pyrrole nitrogens is 1. The molecule has 4 rings (SSSR count). The number of fused-ring (bicyclic) bond motifs is 1. The van der Waals surface area contributed by atoms with Crippen LogP contribution in [0.25, 0.3) is 10.9 Å². The standard InChI is InChI=1S/C24H24N2O5S2/c1-16-6-8-20(9-7-16)33(28,29)26(15-19-5-4-10-32-19)14-18-11-17-12-22(30-2)23(31-3)13-21(17)25-24(18)27/h4-13H,14-15H2,1-3H3,(H,25,27). The summed E-state index contributed by atoms with van der Waals surface area (Å²) < 4.78 is 39.0. The van der Waals surface area contributed by atoms with E-state index in [4.69, 9.17) is 9.47 Å². The molecule has 4 aromatic rings. The molecule has 0 bridgehead atoms. The average Bonchev–Trinajstić information content (AvgIpc) is 3.31. The average molecular weight is 485 g/mol. The molecular weight excluding hydrogens is 460 g/mol. The molecule has 2 heterocycles. The van der Waals surface area contributed by atoms with Crippen LogP contribution in [0.3, 0.4) is 0 Å². The van der Waals surface area contributed by atoms with Gasteiger partial charge in [-0.3, -0.25) is 4.79 Å². The Morgan fingerprint density at radius 2 is 1.67 bits per heavy atom. The Hall–Kier alpha value is -3.14. The van der Waals surface area contributed by atoms with Gasteiger partial charge in [0.25, 0.3) is 5.56 Å². The van der Waals surface area contributed by atoms with Gasteiger partial charge >= 0.3 is 0 Å². The number of nitrogens with zero attached hydrogens (tertiary/aromatic N) is 1. The number of aromatic nitrogens is 1. The summed E-state index contributed by atoms with van der Waals surface area (Å²) in [6.07, 6.45) is 0. The zero-order valence-electron chi connectivity index (χ0n) is 18.5. The highest BCUT2D eigenvalue weighted by Gasteiger charge is 2.26. The summed E-state index contributed by atoms with van der Waals surface area (Å²) in [5.74, 6) is 1.01. The predicted octanol–water partition coefficient (Wildman–Crippen LogP) is 4.31. The molecule has 172 valence electrons. The molecule has 0 spiro atoms. The summed E-state index contributed by atoms with van der Waals surface area (Å²) in [6, 6.07) is 15.6. The van der Waals surface area contributed by atoms with Crippen LogP contribution < -0.4 is 15.0 Å². The van der Waals surface area contributed by atoms with E-state index in [1.54, 1.807) is 42.5 Å². The first-order valence-corrected chi connectivity index (χ1v) is 12.5. The van der Waals surface area contributed by atoms with Gasteiger partial charge in [0.15, 0.2) is 11.5 Å². The van der Waals surface area contributed by atoms with Crippen molar-refractivity contribution in [2.45, 2.75) is 24.9 Å². The Bertz CT molecular complexity index is 1430. The summed E-state index contributed by atoms with van der Waals surface area (Å²) in [5.41, 5.74) is 1.52. The highest BCUT2D eigenvalue weighted by molar-refractivity contribution is 7.89. The number of pyridine rings is 1. The van der Waals surface area contributed by atoms with Gasteiger partial charge < -0.3 is 14.5 Å². The highest BCUT2D eigenvalue weighted by Crippen LogP contribution is 2.31. The number of rotatable bonds is 8. The monoisotopic (exact) mass is 484 g/mol. The van der Waals surface area contributed by atoms with Crippen molar-refractivity contribution in [3.05, 3.63) is 86.3 Å². The van der Waals surface area contributed by atoms with Gasteiger partial charge in [-0.15, -0.1) is 11.3 Å². The normalized spacial score (nSPS) is 11.8. The SMILES string of the molecule is COc1cc2cc(CN(Cc3cccs3)S(=O)(=O)c3ccc(C)cc3)c(=O)[nH]c2cc1OC. The minimum atomic E-state index is -3.84. The third-order valence-corrected chi connectivity index (χ3v) is 8.01. The fraction of sp³-hybridized carbons (Fsp3) is 0.208. The van der Waals surface area contributed by atoms with Crippen molar-refractivity contribution >= 4 is 32.3 Å². The van der Waals surface area contributed by atoms with Gasteiger partial charge in [-0.1, -0.05) is 23.8 Å². The van der Waals surface area contributed by atoms with Crippen LogP contribution in [0.1, 0.15) is 16.0 Å². The van der Waals surface area contributed by atoms with Gasteiger partial charge in [0.2, 0.25) is 10.0 Å². The quantitative estimate of drug-likeness (QED) is 0.403. The zero-order valence-corrected chi connectivity index (χ0v) is 20.1. The van der Waals surface area contributed by atoms with E-state index in [1.165, 1.54) is 29.9 Å². The molecule has 2 aromatic heterocycles. The molecule has 9 heteroatoms. The molecule has 1 N–H and O–H groups in total. The minimum Gasteiger partial charge on any atom is -0.493 e.